The van der Waals surface area contributed by atoms with Gasteiger partial charge < -0.3 is 5.73 Å². The van der Waals surface area contributed by atoms with E-state index in [1.807, 2.05) is 11.9 Å². The van der Waals surface area contributed by atoms with Crippen molar-refractivity contribution in [1.82, 2.24) is 10.2 Å². The quantitative estimate of drug-likeness (QED) is 0.781. The number of likely N-dealkylation sites (N-methyl/N-ethyl adjacent to an activating group) is 1. The van der Waals surface area contributed by atoms with Crippen molar-refractivity contribution in [2.24, 2.45) is 11.7 Å². The van der Waals surface area contributed by atoms with Gasteiger partial charge in [-0.15, -0.1) is 0 Å². The molecular weight excluding hydrogens is 230 g/mol. The van der Waals surface area contributed by atoms with Gasteiger partial charge in [-0.3, -0.25) is 15.0 Å². The molecule has 0 aliphatic heterocycles. The van der Waals surface area contributed by atoms with Gasteiger partial charge in [0.25, 0.3) is 0 Å². The molecule has 0 saturated heterocycles. The van der Waals surface area contributed by atoms with E-state index in [0.29, 0.717) is 0 Å². The zero-order chi connectivity index (χ0) is 13.5. The van der Waals surface area contributed by atoms with Gasteiger partial charge in [0, 0.05) is 0 Å². The minimum Gasteiger partial charge on any atom is -0.351 e. The highest BCUT2D eigenvalue weighted by Gasteiger charge is 2.20. The van der Waals surface area contributed by atoms with Gasteiger partial charge in [-0.2, -0.15) is 0 Å². The number of primary amides is 1. The Balaban J connectivity index is 2.27. The molecule has 1 unspecified atom stereocenters. The molecule has 0 aromatic carbocycles. The summed E-state index contributed by atoms with van der Waals surface area (Å²) in [6.07, 6.45) is 7.80. The molecule has 1 aliphatic rings. The Bertz CT molecular complexity index is 288. The van der Waals surface area contributed by atoms with Crippen molar-refractivity contribution in [2.45, 2.75) is 51.5 Å². The zero-order valence-electron chi connectivity index (χ0n) is 11.4. The van der Waals surface area contributed by atoms with Crippen LogP contribution in [0, 0.1) is 5.92 Å². The van der Waals surface area contributed by atoms with Gasteiger partial charge in [0.1, 0.15) is 0 Å². The minimum absolute atomic E-state index is 0.318. The summed E-state index contributed by atoms with van der Waals surface area (Å²) in [6.45, 7) is 2.68. The van der Waals surface area contributed by atoms with Crippen molar-refractivity contribution < 1.29 is 9.59 Å². The number of nitrogens with zero attached hydrogens (tertiary/aromatic N) is 1. The van der Waals surface area contributed by atoms with Crippen LogP contribution in [0.15, 0.2) is 0 Å². The fraction of sp³-hybridized carbons (Fsp3) is 0.846. The van der Waals surface area contributed by atoms with Crippen LogP contribution < -0.4 is 11.1 Å². The molecule has 1 saturated carbocycles. The minimum atomic E-state index is -0.785. The Labute approximate surface area is 109 Å². The van der Waals surface area contributed by atoms with Gasteiger partial charge in [-0.1, -0.05) is 32.1 Å². The van der Waals surface area contributed by atoms with Gasteiger partial charge in [0.2, 0.25) is 5.91 Å². The summed E-state index contributed by atoms with van der Waals surface area (Å²) in [7, 11) is 1.91. The Kier molecular flexibility index (Phi) is 6.12. The van der Waals surface area contributed by atoms with Gasteiger partial charge in [-0.25, -0.2) is 4.79 Å². The molecule has 1 fully saturated rings. The van der Waals surface area contributed by atoms with E-state index >= 15 is 0 Å². The van der Waals surface area contributed by atoms with Crippen LogP contribution in [0.25, 0.3) is 0 Å². The molecule has 1 rings (SSSR count). The molecule has 0 spiro atoms. The Hall–Kier alpha value is -1.10. The monoisotopic (exact) mass is 255 g/mol. The first-order chi connectivity index (χ1) is 8.50. The maximum atomic E-state index is 11.6. The number of nitrogens with one attached hydrogen (secondary N) is 1. The van der Waals surface area contributed by atoms with Crippen molar-refractivity contribution in [3.8, 4) is 0 Å². The van der Waals surface area contributed by atoms with Crippen LogP contribution in [0.1, 0.15) is 45.4 Å². The average molecular weight is 255 g/mol. The van der Waals surface area contributed by atoms with E-state index in [1.54, 1.807) is 6.92 Å². The third-order valence-corrected chi connectivity index (χ3v) is 3.90. The van der Waals surface area contributed by atoms with E-state index in [0.717, 1.165) is 18.9 Å². The lowest BCUT2D eigenvalue weighted by atomic mass is 9.87. The molecule has 104 valence electrons. The Morgan fingerprint density at radius 1 is 1.33 bits per heavy atom. The predicted molar refractivity (Wildman–Crippen MR) is 71.0 cm³/mol. The first kappa shape index (κ1) is 15.0. The fourth-order valence-corrected chi connectivity index (χ4v) is 2.48. The van der Waals surface area contributed by atoms with E-state index in [1.165, 1.54) is 32.1 Å². The molecular formula is C13H25N3O2. The molecule has 0 bridgehead atoms. The smallest absolute Gasteiger partial charge is 0.318 e. The number of carbonyl (C=O) groups is 2. The fourth-order valence-electron chi connectivity index (χ4n) is 2.48. The van der Waals surface area contributed by atoms with E-state index in [2.05, 4.69) is 5.32 Å². The first-order valence-corrected chi connectivity index (χ1v) is 6.81. The van der Waals surface area contributed by atoms with Crippen molar-refractivity contribution in [3.63, 3.8) is 0 Å². The van der Waals surface area contributed by atoms with E-state index < -0.39 is 6.03 Å². The Morgan fingerprint density at radius 2 is 1.94 bits per heavy atom. The van der Waals surface area contributed by atoms with Crippen LogP contribution in [0.3, 0.4) is 0 Å². The maximum Gasteiger partial charge on any atom is 0.318 e. The summed E-state index contributed by atoms with van der Waals surface area (Å²) in [4.78, 5) is 24.2. The van der Waals surface area contributed by atoms with Crippen LogP contribution in [0.2, 0.25) is 0 Å². The topological polar surface area (TPSA) is 75.4 Å². The van der Waals surface area contributed by atoms with E-state index in [4.69, 9.17) is 5.73 Å². The maximum absolute atomic E-state index is 11.6. The normalized spacial score (nSPS) is 18.6. The molecule has 3 N–H and O–H groups in total. The van der Waals surface area contributed by atoms with Crippen LogP contribution in [-0.2, 0) is 4.79 Å². The third-order valence-electron chi connectivity index (χ3n) is 3.90. The SMILES string of the molecule is CC(C(=O)NC(N)=O)N(C)CCC1CCCCC1. The van der Waals surface area contributed by atoms with E-state index in [9.17, 15) is 9.59 Å². The average Bonchev–Trinajstić information content (AvgIpc) is 2.35. The van der Waals surface area contributed by atoms with Crippen LogP contribution in [-0.4, -0.2) is 36.5 Å². The first-order valence-electron chi connectivity index (χ1n) is 6.81. The largest absolute Gasteiger partial charge is 0.351 e. The number of amides is 3. The summed E-state index contributed by atoms with van der Waals surface area (Å²) >= 11 is 0. The molecule has 0 radical (unpaired) electrons. The lowest BCUT2D eigenvalue weighted by Gasteiger charge is -2.27. The van der Waals surface area contributed by atoms with Crippen molar-refractivity contribution >= 4 is 11.9 Å². The number of nitrogens with two attached hydrogens (primary N) is 1. The van der Waals surface area contributed by atoms with Crippen LogP contribution in [0.4, 0.5) is 4.79 Å². The highest BCUT2D eigenvalue weighted by Crippen LogP contribution is 2.26. The molecule has 0 heterocycles. The molecule has 1 aliphatic carbocycles. The van der Waals surface area contributed by atoms with Gasteiger partial charge in [-0.05, 0) is 32.9 Å². The summed E-state index contributed by atoms with van der Waals surface area (Å²) in [6, 6.07) is -1.10. The molecule has 3 amide bonds. The summed E-state index contributed by atoms with van der Waals surface area (Å²) < 4.78 is 0. The second kappa shape index (κ2) is 7.36. The van der Waals surface area contributed by atoms with Gasteiger partial charge >= 0.3 is 6.03 Å². The van der Waals surface area contributed by atoms with Crippen LogP contribution >= 0.6 is 0 Å². The molecule has 5 heteroatoms. The second-order valence-electron chi connectivity index (χ2n) is 5.30. The third kappa shape index (κ3) is 5.04. The summed E-state index contributed by atoms with van der Waals surface area (Å²) in [5, 5.41) is 2.12. The molecule has 18 heavy (non-hydrogen) atoms. The number of urea groups is 1. The molecule has 1 atom stereocenters. The van der Waals surface area contributed by atoms with Crippen molar-refractivity contribution in [3.05, 3.63) is 0 Å². The standard InChI is InChI=1S/C13H25N3O2/c1-10(12(17)15-13(14)18)16(2)9-8-11-6-4-3-5-7-11/h10-11H,3-9H2,1-2H3,(H3,14,15,17,18). The highest BCUT2D eigenvalue weighted by molar-refractivity contribution is 5.96. The number of imide groups is 1. The summed E-state index contributed by atoms with van der Waals surface area (Å²) in [5.41, 5.74) is 4.93. The molecule has 0 aromatic rings. The number of carbonyl (C=O) groups excluding carboxylic acids is 2. The Morgan fingerprint density at radius 3 is 2.50 bits per heavy atom. The lowest BCUT2D eigenvalue weighted by Crippen LogP contribution is -2.47. The number of hydrogen-bond acceptors (Lipinski definition) is 3. The van der Waals surface area contributed by atoms with Crippen LogP contribution in [0.5, 0.6) is 0 Å². The lowest BCUT2D eigenvalue weighted by molar-refractivity contribution is -0.124. The predicted octanol–water partition coefficient (Wildman–Crippen LogP) is 1.47. The number of hydrogen-bond donors (Lipinski definition) is 2. The van der Waals surface area contributed by atoms with Crippen molar-refractivity contribution in [2.75, 3.05) is 13.6 Å². The molecule has 0 aromatic heterocycles. The van der Waals surface area contributed by atoms with E-state index in [-0.39, 0.29) is 11.9 Å². The molecule has 5 nitrogen and oxygen atoms in total. The zero-order valence-corrected chi connectivity index (χ0v) is 11.4. The summed E-state index contributed by atoms with van der Waals surface area (Å²) in [5.74, 6) is 0.473. The van der Waals surface area contributed by atoms with Gasteiger partial charge in [0.05, 0.1) is 6.04 Å². The number of rotatable bonds is 5. The van der Waals surface area contributed by atoms with Gasteiger partial charge in [0.15, 0.2) is 0 Å². The second-order valence-corrected chi connectivity index (χ2v) is 5.30. The van der Waals surface area contributed by atoms with Crippen molar-refractivity contribution in [1.29, 1.82) is 0 Å². The highest BCUT2D eigenvalue weighted by atomic mass is 16.2.